The van der Waals surface area contributed by atoms with Gasteiger partial charge in [0.05, 0.1) is 11.5 Å². The van der Waals surface area contributed by atoms with Crippen molar-refractivity contribution in [1.29, 1.82) is 0 Å². The summed E-state index contributed by atoms with van der Waals surface area (Å²) in [5.41, 5.74) is 2.05. The fraction of sp³-hybridized carbons (Fsp3) is 0.214. The fourth-order valence-electron chi connectivity index (χ4n) is 1.98. The van der Waals surface area contributed by atoms with Gasteiger partial charge in [0.25, 0.3) is 5.69 Å². The quantitative estimate of drug-likeness (QED) is 0.666. The topological polar surface area (TPSA) is 79.5 Å². The number of aromatic nitrogens is 1. The van der Waals surface area contributed by atoms with Gasteiger partial charge in [0.15, 0.2) is 0 Å². The van der Waals surface area contributed by atoms with E-state index in [1.165, 1.54) is 6.07 Å². The third-order valence-electron chi connectivity index (χ3n) is 3.00. The number of rotatable bonds is 5. The number of nitro benzene ring substituents is 1. The number of benzene rings is 1. The van der Waals surface area contributed by atoms with Gasteiger partial charge < -0.3 is 10.0 Å². The van der Waals surface area contributed by atoms with E-state index in [0.717, 1.165) is 5.56 Å². The summed E-state index contributed by atoms with van der Waals surface area (Å²) in [5, 5.41) is 20.2. The molecule has 0 saturated carbocycles. The Morgan fingerprint density at radius 3 is 2.55 bits per heavy atom. The predicted octanol–water partition coefficient (Wildman–Crippen LogP) is 2.12. The van der Waals surface area contributed by atoms with Crippen LogP contribution in [0.2, 0.25) is 0 Å². The molecule has 0 bridgehead atoms. The van der Waals surface area contributed by atoms with Crippen molar-refractivity contribution in [2.75, 3.05) is 11.9 Å². The van der Waals surface area contributed by atoms with Crippen molar-refractivity contribution in [3.63, 3.8) is 0 Å². The lowest BCUT2D eigenvalue weighted by atomic mass is 10.1. The monoisotopic (exact) mass is 273 g/mol. The molecule has 2 rings (SSSR count). The maximum atomic E-state index is 11.1. The minimum atomic E-state index is -0.433. The third kappa shape index (κ3) is 3.10. The number of hydrogen-bond donors (Lipinski definition) is 1. The largest absolute Gasteiger partial charge is 0.392 e. The zero-order valence-corrected chi connectivity index (χ0v) is 11.1. The van der Waals surface area contributed by atoms with E-state index in [1.54, 1.807) is 36.5 Å². The molecule has 0 fully saturated rings. The highest BCUT2D eigenvalue weighted by Crippen LogP contribution is 2.29. The van der Waals surface area contributed by atoms with Crippen molar-refractivity contribution in [1.82, 2.24) is 4.98 Å². The van der Waals surface area contributed by atoms with Crippen molar-refractivity contribution < 1.29 is 10.0 Å². The Balaban J connectivity index is 2.29. The van der Waals surface area contributed by atoms with E-state index in [9.17, 15) is 10.1 Å². The van der Waals surface area contributed by atoms with Crippen LogP contribution in [0.15, 0.2) is 42.7 Å². The van der Waals surface area contributed by atoms with Gasteiger partial charge in [0.1, 0.15) is 5.69 Å². The summed E-state index contributed by atoms with van der Waals surface area (Å²) in [6, 6.07) is 8.48. The summed E-state index contributed by atoms with van der Waals surface area (Å²) in [6.45, 7) is 0.330. The van der Waals surface area contributed by atoms with E-state index in [4.69, 9.17) is 5.11 Å². The number of nitrogens with zero attached hydrogens (tertiary/aromatic N) is 3. The predicted molar refractivity (Wildman–Crippen MR) is 75.4 cm³/mol. The minimum absolute atomic E-state index is 0.00638. The zero-order chi connectivity index (χ0) is 14.5. The van der Waals surface area contributed by atoms with E-state index >= 15 is 0 Å². The van der Waals surface area contributed by atoms with E-state index in [0.29, 0.717) is 17.8 Å². The number of aliphatic hydroxyl groups excluding tert-OH is 1. The molecule has 1 N–H and O–H groups in total. The maximum Gasteiger partial charge on any atom is 0.292 e. The standard InChI is InChI=1S/C14H15N3O3/c1-16(9-11-4-6-15-7-5-11)13-3-2-12(10-18)8-14(13)17(19)20/h2-8,18H,9-10H2,1H3. The Hall–Kier alpha value is -2.47. The van der Waals surface area contributed by atoms with Crippen molar-refractivity contribution in [2.45, 2.75) is 13.2 Å². The smallest absolute Gasteiger partial charge is 0.292 e. The Bertz CT molecular complexity index is 602. The van der Waals surface area contributed by atoms with Crippen LogP contribution in [0.4, 0.5) is 11.4 Å². The van der Waals surface area contributed by atoms with Gasteiger partial charge in [0, 0.05) is 32.1 Å². The van der Waals surface area contributed by atoms with Crippen LogP contribution in [0.25, 0.3) is 0 Å². The molecular formula is C14H15N3O3. The van der Waals surface area contributed by atoms with Gasteiger partial charge in [-0.25, -0.2) is 0 Å². The zero-order valence-electron chi connectivity index (χ0n) is 11.1. The van der Waals surface area contributed by atoms with Crippen molar-refractivity contribution in [3.05, 3.63) is 64.0 Å². The van der Waals surface area contributed by atoms with Crippen LogP contribution in [-0.4, -0.2) is 22.1 Å². The molecule has 6 heteroatoms. The van der Waals surface area contributed by atoms with E-state index in [1.807, 2.05) is 12.1 Å². The molecule has 2 aromatic rings. The van der Waals surface area contributed by atoms with Crippen LogP contribution >= 0.6 is 0 Å². The second-order valence-electron chi connectivity index (χ2n) is 4.45. The van der Waals surface area contributed by atoms with Gasteiger partial charge in [-0.15, -0.1) is 0 Å². The minimum Gasteiger partial charge on any atom is -0.392 e. The average molecular weight is 273 g/mol. The summed E-state index contributed by atoms with van der Waals surface area (Å²) in [4.78, 5) is 16.4. The number of aliphatic hydroxyl groups is 1. The number of nitro groups is 1. The van der Waals surface area contributed by atoms with Crippen molar-refractivity contribution >= 4 is 11.4 Å². The first-order chi connectivity index (χ1) is 9.61. The lowest BCUT2D eigenvalue weighted by Gasteiger charge is -2.19. The Morgan fingerprint density at radius 1 is 1.25 bits per heavy atom. The van der Waals surface area contributed by atoms with Gasteiger partial charge in [-0.2, -0.15) is 0 Å². The van der Waals surface area contributed by atoms with Gasteiger partial charge in [-0.1, -0.05) is 6.07 Å². The Kier molecular flexibility index (Phi) is 4.27. The first-order valence-electron chi connectivity index (χ1n) is 6.10. The molecule has 0 amide bonds. The first-order valence-corrected chi connectivity index (χ1v) is 6.10. The van der Waals surface area contributed by atoms with Gasteiger partial charge in [-0.3, -0.25) is 15.1 Å². The Labute approximate surface area is 116 Å². The normalized spacial score (nSPS) is 10.3. The molecule has 6 nitrogen and oxygen atoms in total. The lowest BCUT2D eigenvalue weighted by molar-refractivity contribution is -0.384. The summed E-state index contributed by atoms with van der Waals surface area (Å²) < 4.78 is 0. The van der Waals surface area contributed by atoms with Crippen molar-refractivity contribution in [2.24, 2.45) is 0 Å². The van der Waals surface area contributed by atoms with E-state index in [-0.39, 0.29) is 12.3 Å². The van der Waals surface area contributed by atoms with Crippen LogP contribution in [0, 0.1) is 10.1 Å². The Morgan fingerprint density at radius 2 is 1.95 bits per heavy atom. The maximum absolute atomic E-state index is 11.1. The molecule has 0 saturated heterocycles. The molecule has 0 aliphatic heterocycles. The second kappa shape index (κ2) is 6.12. The molecular weight excluding hydrogens is 258 g/mol. The molecule has 0 radical (unpaired) electrons. The van der Waals surface area contributed by atoms with E-state index in [2.05, 4.69) is 4.98 Å². The molecule has 0 aliphatic carbocycles. The molecule has 0 unspecified atom stereocenters. The third-order valence-corrected chi connectivity index (χ3v) is 3.00. The summed E-state index contributed by atoms with van der Waals surface area (Å²) >= 11 is 0. The fourth-order valence-corrected chi connectivity index (χ4v) is 1.98. The average Bonchev–Trinajstić information content (AvgIpc) is 2.47. The van der Waals surface area contributed by atoms with Crippen molar-refractivity contribution in [3.8, 4) is 0 Å². The molecule has 1 aromatic carbocycles. The lowest BCUT2D eigenvalue weighted by Crippen LogP contribution is -2.17. The van der Waals surface area contributed by atoms with Gasteiger partial charge >= 0.3 is 0 Å². The highest BCUT2D eigenvalue weighted by molar-refractivity contribution is 5.64. The van der Waals surface area contributed by atoms with Crippen LogP contribution < -0.4 is 4.90 Å². The highest BCUT2D eigenvalue weighted by atomic mass is 16.6. The molecule has 1 aromatic heterocycles. The summed E-state index contributed by atoms with van der Waals surface area (Å²) in [7, 11) is 1.79. The van der Waals surface area contributed by atoms with Crippen LogP contribution in [0.3, 0.4) is 0 Å². The molecule has 0 aliphatic rings. The van der Waals surface area contributed by atoms with Gasteiger partial charge in [0.2, 0.25) is 0 Å². The molecule has 0 spiro atoms. The molecule has 1 heterocycles. The molecule has 20 heavy (non-hydrogen) atoms. The van der Waals surface area contributed by atoms with Gasteiger partial charge in [-0.05, 0) is 29.3 Å². The summed E-state index contributed by atoms with van der Waals surface area (Å²) in [6.07, 6.45) is 3.37. The summed E-state index contributed by atoms with van der Waals surface area (Å²) in [5.74, 6) is 0. The second-order valence-corrected chi connectivity index (χ2v) is 4.45. The highest BCUT2D eigenvalue weighted by Gasteiger charge is 2.17. The molecule has 104 valence electrons. The SMILES string of the molecule is CN(Cc1ccncc1)c1ccc(CO)cc1[N+](=O)[O-]. The number of pyridine rings is 1. The number of hydrogen-bond acceptors (Lipinski definition) is 5. The first kappa shape index (κ1) is 14.0. The van der Waals surface area contributed by atoms with Crippen LogP contribution in [0.5, 0.6) is 0 Å². The molecule has 0 atom stereocenters. The van der Waals surface area contributed by atoms with E-state index < -0.39 is 4.92 Å². The van der Waals surface area contributed by atoms with Crippen LogP contribution in [-0.2, 0) is 13.2 Å². The van der Waals surface area contributed by atoms with Crippen LogP contribution in [0.1, 0.15) is 11.1 Å². The number of anilines is 1.